The van der Waals surface area contributed by atoms with Crippen molar-refractivity contribution in [3.05, 3.63) is 38.9 Å². The molecule has 1 saturated heterocycles. The predicted molar refractivity (Wildman–Crippen MR) is 102 cm³/mol. The van der Waals surface area contributed by atoms with Crippen LogP contribution in [0.3, 0.4) is 0 Å². The Morgan fingerprint density at radius 2 is 2.15 bits per heavy atom. The van der Waals surface area contributed by atoms with Crippen LogP contribution in [0.5, 0.6) is 0 Å². The number of halogens is 1. The average molecular weight is 394 g/mol. The summed E-state index contributed by atoms with van der Waals surface area (Å²) in [5.41, 5.74) is -0.0766. The molecule has 1 aromatic rings. The van der Waals surface area contributed by atoms with Crippen LogP contribution in [0.2, 0.25) is 5.02 Å². The Hall–Kier alpha value is -2.15. The minimum Gasteiger partial charge on any atom is -0.353 e. The molecule has 27 heavy (non-hydrogen) atoms. The van der Waals surface area contributed by atoms with Gasteiger partial charge in [0, 0.05) is 29.6 Å². The van der Waals surface area contributed by atoms with Crippen LogP contribution in [0.25, 0.3) is 0 Å². The molecule has 1 heterocycles. The molecular formula is C19H24ClN3O4. The van der Waals surface area contributed by atoms with Gasteiger partial charge in [0.25, 0.3) is 11.6 Å². The maximum atomic E-state index is 12.5. The van der Waals surface area contributed by atoms with Gasteiger partial charge in [0.2, 0.25) is 5.91 Å². The summed E-state index contributed by atoms with van der Waals surface area (Å²) < 4.78 is 0. The smallest absolute Gasteiger partial charge is 0.288 e. The molecule has 7 nitrogen and oxygen atoms in total. The van der Waals surface area contributed by atoms with Gasteiger partial charge in [0.05, 0.1) is 4.92 Å². The van der Waals surface area contributed by atoms with Gasteiger partial charge in [-0.15, -0.1) is 0 Å². The number of nitro benzene ring substituents is 1. The number of benzene rings is 1. The summed E-state index contributed by atoms with van der Waals surface area (Å²) in [6.07, 6.45) is 3.29. The molecule has 1 saturated carbocycles. The van der Waals surface area contributed by atoms with Crippen LogP contribution in [0.4, 0.5) is 5.69 Å². The summed E-state index contributed by atoms with van der Waals surface area (Å²) in [4.78, 5) is 35.2. The third-order valence-corrected chi connectivity index (χ3v) is 6.38. The molecule has 8 heteroatoms. The lowest BCUT2D eigenvalue weighted by Gasteiger charge is -2.46. The van der Waals surface area contributed by atoms with Crippen LogP contribution in [-0.4, -0.2) is 28.8 Å². The van der Waals surface area contributed by atoms with Crippen molar-refractivity contribution in [1.82, 2.24) is 10.6 Å². The molecule has 2 fully saturated rings. The van der Waals surface area contributed by atoms with Gasteiger partial charge < -0.3 is 10.6 Å². The summed E-state index contributed by atoms with van der Waals surface area (Å²) in [6.45, 7) is 4.19. The van der Waals surface area contributed by atoms with Gasteiger partial charge in [-0.05, 0) is 49.7 Å². The summed E-state index contributed by atoms with van der Waals surface area (Å²) >= 11 is 5.80. The van der Waals surface area contributed by atoms with E-state index >= 15 is 0 Å². The Labute approximate surface area is 163 Å². The minimum atomic E-state index is -0.604. The Kier molecular flexibility index (Phi) is 5.69. The Balaban J connectivity index is 1.66. The van der Waals surface area contributed by atoms with Gasteiger partial charge in [-0.1, -0.05) is 25.4 Å². The van der Waals surface area contributed by atoms with Gasteiger partial charge in [0.1, 0.15) is 5.02 Å². The van der Waals surface area contributed by atoms with Gasteiger partial charge in [0.15, 0.2) is 0 Å². The molecule has 1 aliphatic heterocycles. The van der Waals surface area contributed by atoms with Crippen LogP contribution < -0.4 is 10.6 Å². The fraction of sp³-hybridized carbons (Fsp3) is 0.579. The molecule has 2 N–H and O–H groups in total. The van der Waals surface area contributed by atoms with Crippen LogP contribution in [-0.2, 0) is 4.79 Å². The minimum absolute atomic E-state index is 0.00134. The molecule has 0 spiro atoms. The van der Waals surface area contributed by atoms with Crippen molar-refractivity contribution < 1.29 is 14.5 Å². The summed E-state index contributed by atoms with van der Waals surface area (Å²) in [6, 6.07) is 4.03. The Bertz CT molecular complexity index is 769. The quantitative estimate of drug-likeness (QED) is 0.605. The normalized spacial score (nSPS) is 30.2. The number of hydrogen-bond acceptors (Lipinski definition) is 4. The topological polar surface area (TPSA) is 101 Å². The zero-order valence-electron chi connectivity index (χ0n) is 15.4. The van der Waals surface area contributed by atoms with E-state index < -0.39 is 4.92 Å². The molecule has 2 aliphatic rings. The fourth-order valence-electron chi connectivity index (χ4n) is 4.57. The van der Waals surface area contributed by atoms with Crippen molar-refractivity contribution in [1.29, 1.82) is 0 Å². The first-order valence-electron chi connectivity index (χ1n) is 9.37. The van der Waals surface area contributed by atoms with Gasteiger partial charge in [-0.2, -0.15) is 0 Å². The number of piperidine rings is 1. The lowest BCUT2D eigenvalue weighted by molar-refractivity contribution is -0.384. The van der Waals surface area contributed by atoms with Crippen molar-refractivity contribution in [3.8, 4) is 0 Å². The molecule has 2 amide bonds. The summed E-state index contributed by atoms with van der Waals surface area (Å²) in [7, 11) is 0. The highest BCUT2D eigenvalue weighted by atomic mass is 35.5. The number of nitrogens with zero attached hydrogens (tertiary/aromatic N) is 1. The molecule has 1 aliphatic carbocycles. The van der Waals surface area contributed by atoms with E-state index in [1.54, 1.807) is 0 Å². The van der Waals surface area contributed by atoms with Crippen LogP contribution >= 0.6 is 11.6 Å². The summed E-state index contributed by atoms with van der Waals surface area (Å²) in [5, 5.41) is 17.1. The Morgan fingerprint density at radius 1 is 1.41 bits per heavy atom. The molecule has 146 valence electrons. The highest BCUT2D eigenvalue weighted by Crippen LogP contribution is 2.39. The first kappa shape index (κ1) is 19.6. The van der Waals surface area contributed by atoms with E-state index in [0.29, 0.717) is 18.3 Å². The van der Waals surface area contributed by atoms with Crippen LogP contribution in [0.15, 0.2) is 18.2 Å². The molecule has 1 aromatic carbocycles. The van der Waals surface area contributed by atoms with E-state index in [1.165, 1.54) is 18.2 Å². The number of nitrogens with one attached hydrogen (secondary N) is 2. The lowest BCUT2D eigenvalue weighted by atomic mass is 9.67. The van der Waals surface area contributed by atoms with Crippen molar-refractivity contribution in [2.45, 2.75) is 51.6 Å². The van der Waals surface area contributed by atoms with Gasteiger partial charge in [-0.3, -0.25) is 19.7 Å². The number of rotatable bonds is 4. The average Bonchev–Trinajstić information content (AvgIpc) is 2.61. The van der Waals surface area contributed by atoms with Crippen LogP contribution in [0.1, 0.15) is 49.9 Å². The zero-order valence-corrected chi connectivity index (χ0v) is 16.2. The van der Waals surface area contributed by atoms with E-state index in [1.807, 2.05) is 6.92 Å². The first-order valence-corrected chi connectivity index (χ1v) is 9.74. The molecule has 0 radical (unpaired) electrons. The predicted octanol–water partition coefficient (Wildman–Crippen LogP) is 3.31. The largest absolute Gasteiger partial charge is 0.353 e. The van der Waals surface area contributed by atoms with Crippen molar-refractivity contribution >= 4 is 29.1 Å². The Morgan fingerprint density at radius 3 is 2.81 bits per heavy atom. The maximum Gasteiger partial charge on any atom is 0.288 e. The molecule has 5 unspecified atom stereocenters. The zero-order chi connectivity index (χ0) is 19.7. The molecule has 3 rings (SSSR count). The highest BCUT2D eigenvalue weighted by molar-refractivity contribution is 6.32. The number of fused-ring (bicyclic) bond motifs is 1. The number of carbonyl (C=O) groups is 2. The van der Waals surface area contributed by atoms with E-state index in [2.05, 4.69) is 17.6 Å². The molecule has 0 aromatic heterocycles. The van der Waals surface area contributed by atoms with Crippen LogP contribution in [0, 0.1) is 27.9 Å². The number of amides is 2. The van der Waals surface area contributed by atoms with E-state index in [9.17, 15) is 19.7 Å². The van der Waals surface area contributed by atoms with Gasteiger partial charge in [-0.25, -0.2) is 0 Å². The first-order chi connectivity index (χ1) is 12.8. The third kappa shape index (κ3) is 3.93. The number of hydrogen-bond donors (Lipinski definition) is 2. The molecule has 5 atom stereocenters. The molecule has 0 bridgehead atoms. The number of carbonyl (C=O) groups excluding carboxylic acids is 2. The van der Waals surface area contributed by atoms with Gasteiger partial charge >= 0.3 is 0 Å². The fourth-order valence-corrected chi connectivity index (χ4v) is 4.75. The van der Waals surface area contributed by atoms with E-state index in [4.69, 9.17) is 11.6 Å². The highest BCUT2D eigenvalue weighted by Gasteiger charge is 2.43. The molecular weight excluding hydrogens is 370 g/mol. The van der Waals surface area contributed by atoms with E-state index in [0.717, 1.165) is 19.3 Å². The maximum absolute atomic E-state index is 12.5. The summed E-state index contributed by atoms with van der Waals surface area (Å²) in [5.74, 6) is 0.570. The third-order valence-electron chi connectivity index (χ3n) is 6.06. The van der Waals surface area contributed by atoms with Crippen molar-refractivity contribution in [2.75, 3.05) is 0 Å². The van der Waals surface area contributed by atoms with E-state index in [-0.39, 0.29) is 46.1 Å². The van der Waals surface area contributed by atoms with Crippen molar-refractivity contribution in [2.24, 2.45) is 17.8 Å². The monoisotopic (exact) mass is 393 g/mol. The lowest BCUT2D eigenvalue weighted by Crippen LogP contribution is -2.58. The number of nitro groups is 1. The van der Waals surface area contributed by atoms with Crippen molar-refractivity contribution in [3.63, 3.8) is 0 Å². The standard InChI is InChI=1S/C19H24ClN3O4/c1-3-13-10(2)14-6-5-12(9-16(14)22-19(13)25)21-18(24)11-4-7-15(20)17(8-11)23(26)27/h4,7-8,10,12-14,16H,3,5-6,9H2,1-2H3,(H,21,24)(H,22,25). The second-order valence-corrected chi connectivity index (χ2v) is 7.97. The SMILES string of the molecule is CCC1C(=O)NC2CC(NC(=O)c3ccc(Cl)c([N+](=O)[O-])c3)CCC2C1C. The second-order valence-electron chi connectivity index (χ2n) is 7.56. The second kappa shape index (κ2) is 7.84.